The van der Waals surface area contributed by atoms with E-state index in [4.69, 9.17) is 0 Å². The zero-order valence-electron chi connectivity index (χ0n) is 11.7. The van der Waals surface area contributed by atoms with Crippen LogP contribution in [0.25, 0.3) is 0 Å². The van der Waals surface area contributed by atoms with Gasteiger partial charge in [0, 0.05) is 21.8 Å². The molecule has 0 aliphatic rings. The average molecular weight is 336 g/mol. The van der Waals surface area contributed by atoms with Gasteiger partial charge < -0.3 is 15.5 Å². The number of rotatable bonds is 3. The monoisotopic (exact) mass is 335 g/mol. The lowest BCUT2D eigenvalue weighted by Crippen LogP contribution is -2.07. The van der Waals surface area contributed by atoms with E-state index in [1.165, 1.54) is 6.07 Å². The highest BCUT2D eigenvalue weighted by atomic mass is 79.9. The number of anilines is 1. The maximum atomic E-state index is 9.89. The molecule has 106 valence electrons. The SMILES string of the molecule is Cc1cc(NC(C)c2ccc(O)cc2O)cc(C)c1Br. The number of phenolic OH excluding ortho intramolecular Hbond substituents is 2. The summed E-state index contributed by atoms with van der Waals surface area (Å²) in [6.07, 6.45) is 0. The number of benzene rings is 2. The molecule has 0 bridgehead atoms. The Morgan fingerprint density at radius 3 is 2.20 bits per heavy atom. The van der Waals surface area contributed by atoms with Gasteiger partial charge in [-0.3, -0.25) is 0 Å². The van der Waals surface area contributed by atoms with Crippen LogP contribution < -0.4 is 5.32 Å². The lowest BCUT2D eigenvalue weighted by molar-refractivity contribution is 0.444. The van der Waals surface area contributed by atoms with Gasteiger partial charge in [0.1, 0.15) is 11.5 Å². The number of aryl methyl sites for hydroxylation is 2. The molecule has 0 aliphatic carbocycles. The van der Waals surface area contributed by atoms with Gasteiger partial charge in [0.2, 0.25) is 0 Å². The number of nitrogens with one attached hydrogen (secondary N) is 1. The Morgan fingerprint density at radius 1 is 1.05 bits per heavy atom. The average Bonchev–Trinajstić information content (AvgIpc) is 2.35. The molecule has 2 aromatic carbocycles. The summed E-state index contributed by atoms with van der Waals surface area (Å²) < 4.78 is 1.11. The fourth-order valence-electron chi connectivity index (χ4n) is 2.26. The van der Waals surface area contributed by atoms with Crippen molar-refractivity contribution in [1.82, 2.24) is 0 Å². The molecule has 0 aliphatic heterocycles. The van der Waals surface area contributed by atoms with Crippen LogP contribution in [0.1, 0.15) is 29.7 Å². The van der Waals surface area contributed by atoms with Crippen molar-refractivity contribution in [3.8, 4) is 11.5 Å². The summed E-state index contributed by atoms with van der Waals surface area (Å²) in [7, 11) is 0. The van der Waals surface area contributed by atoms with E-state index in [1.807, 2.05) is 20.8 Å². The number of phenols is 2. The molecule has 0 aromatic heterocycles. The summed E-state index contributed by atoms with van der Waals surface area (Å²) in [6, 6.07) is 8.71. The Morgan fingerprint density at radius 2 is 1.65 bits per heavy atom. The molecular formula is C16H18BrNO2. The third-order valence-corrected chi connectivity index (χ3v) is 4.55. The third-order valence-electron chi connectivity index (χ3n) is 3.30. The van der Waals surface area contributed by atoms with Crippen LogP contribution in [0.3, 0.4) is 0 Å². The summed E-state index contributed by atoms with van der Waals surface area (Å²) in [4.78, 5) is 0. The third kappa shape index (κ3) is 3.07. The van der Waals surface area contributed by atoms with Crippen molar-refractivity contribution in [1.29, 1.82) is 0 Å². The normalized spacial score (nSPS) is 12.2. The van der Waals surface area contributed by atoms with Crippen LogP contribution >= 0.6 is 15.9 Å². The topological polar surface area (TPSA) is 52.5 Å². The van der Waals surface area contributed by atoms with Crippen LogP contribution in [0.4, 0.5) is 5.69 Å². The second-order valence-electron chi connectivity index (χ2n) is 5.03. The van der Waals surface area contributed by atoms with Gasteiger partial charge in [0.05, 0.1) is 6.04 Å². The molecule has 0 fully saturated rings. The van der Waals surface area contributed by atoms with Crippen molar-refractivity contribution in [2.24, 2.45) is 0 Å². The number of hydrogen-bond donors (Lipinski definition) is 3. The van der Waals surface area contributed by atoms with E-state index in [0.717, 1.165) is 26.9 Å². The number of halogens is 1. The molecule has 0 spiro atoms. The van der Waals surface area contributed by atoms with Crippen LogP contribution in [-0.4, -0.2) is 10.2 Å². The van der Waals surface area contributed by atoms with Gasteiger partial charge >= 0.3 is 0 Å². The Hall–Kier alpha value is -1.68. The van der Waals surface area contributed by atoms with Crippen molar-refractivity contribution >= 4 is 21.6 Å². The molecule has 2 rings (SSSR count). The van der Waals surface area contributed by atoms with Crippen LogP contribution in [0, 0.1) is 13.8 Å². The minimum absolute atomic E-state index is 0.0597. The van der Waals surface area contributed by atoms with Gasteiger partial charge in [-0.05, 0) is 56.2 Å². The Labute approximate surface area is 127 Å². The minimum Gasteiger partial charge on any atom is -0.508 e. The second-order valence-corrected chi connectivity index (χ2v) is 5.83. The van der Waals surface area contributed by atoms with Crippen molar-refractivity contribution in [2.45, 2.75) is 26.8 Å². The van der Waals surface area contributed by atoms with Crippen LogP contribution in [0.15, 0.2) is 34.8 Å². The highest BCUT2D eigenvalue weighted by molar-refractivity contribution is 9.10. The molecule has 20 heavy (non-hydrogen) atoms. The quantitative estimate of drug-likeness (QED) is 0.765. The Kier molecular flexibility index (Phi) is 4.23. The maximum absolute atomic E-state index is 9.89. The van der Waals surface area contributed by atoms with Gasteiger partial charge in [-0.25, -0.2) is 0 Å². The number of hydrogen-bond acceptors (Lipinski definition) is 3. The van der Waals surface area contributed by atoms with E-state index in [1.54, 1.807) is 12.1 Å². The van der Waals surface area contributed by atoms with Gasteiger partial charge in [-0.2, -0.15) is 0 Å². The van der Waals surface area contributed by atoms with Crippen molar-refractivity contribution in [3.63, 3.8) is 0 Å². The summed E-state index contributed by atoms with van der Waals surface area (Å²) in [5.41, 5.74) is 4.08. The molecule has 4 heteroatoms. The van der Waals surface area contributed by atoms with E-state index in [9.17, 15) is 10.2 Å². The van der Waals surface area contributed by atoms with E-state index in [2.05, 4.69) is 33.4 Å². The molecule has 0 saturated heterocycles. The van der Waals surface area contributed by atoms with Gasteiger partial charge in [0.25, 0.3) is 0 Å². The highest BCUT2D eigenvalue weighted by Gasteiger charge is 2.12. The van der Waals surface area contributed by atoms with E-state index < -0.39 is 0 Å². The molecule has 1 unspecified atom stereocenters. The Balaban J connectivity index is 2.25. The summed E-state index contributed by atoms with van der Waals surface area (Å²) in [6.45, 7) is 6.06. The van der Waals surface area contributed by atoms with Crippen molar-refractivity contribution in [2.75, 3.05) is 5.32 Å². The lowest BCUT2D eigenvalue weighted by atomic mass is 10.1. The van der Waals surface area contributed by atoms with Crippen LogP contribution in [-0.2, 0) is 0 Å². The maximum Gasteiger partial charge on any atom is 0.124 e. The molecular weight excluding hydrogens is 318 g/mol. The number of aromatic hydroxyl groups is 2. The fraction of sp³-hybridized carbons (Fsp3) is 0.250. The molecule has 0 heterocycles. The molecule has 3 nitrogen and oxygen atoms in total. The molecule has 2 aromatic rings. The van der Waals surface area contributed by atoms with Crippen LogP contribution in [0.2, 0.25) is 0 Å². The van der Waals surface area contributed by atoms with Gasteiger partial charge in [-0.1, -0.05) is 15.9 Å². The van der Waals surface area contributed by atoms with E-state index in [0.29, 0.717) is 0 Å². The lowest BCUT2D eigenvalue weighted by Gasteiger charge is -2.18. The molecule has 3 N–H and O–H groups in total. The first-order valence-corrected chi connectivity index (χ1v) is 7.23. The summed E-state index contributed by atoms with van der Waals surface area (Å²) in [5.74, 6) is 0.157. The zero-order chi connectivity index (χ0) is 14.9. The van der Waals surface area contributed by atoms with Crippen molar-refractivity contribution < 1.29 is 10.2 Å². The summed E-state index contributed by atoms with van der Waals surface area (Å²) in [5, 5.41) is 22.6. The standard InChI is InChI=1S/C16H18BrNO2/c1-9-6-12(7-10(2)16(9)17)18-11(3)14-5-4-13(19)8-15(14)20/h4-8,11,18-20H,1-3H3. The smallest absolute Gasteiger partial charge is 0.124 e. The first-order valence-electron chi connectivity index (χ1n) is 6.43. The molecule has 0 radical (unpaired) electrons. The van der Waals surface area contributed by atoms with Crippen LogP contribution in [0.5, 0.6) is 11.5 Å². The van der Waals surface area contributed by atoms with Crippen molar-refractivity contribution in [3.05, 3.63) is 51.5 Å². The largest absolute Gasteiger partial charge is 0.508 e. The molecule has 1 atom stereocenters. The predicted molar refractivity (Wildman–Crippen MR) is 85.4 cm³/mol. The summed E-state index contributed by atoms with van der Waals surface area (Å²) >= 11 is 3.55. The first-order chi connectivity index (χ1) is 9.38. The van der Waals surface area contributed by atoms with Gasteiger partial charge in [-0.15, -0.1) is 0 Å². The Bertz CT molecular complexity index is 617. The molecule has 0 saturated carbocycles. The van der Waals surface area contributed by atoms with E-state index in [-0.39, 0.29) is 17.5 Å². The fourth-order valence-corrected chi connectivity index (χ4v) is 2.48. The zero-order valence-corrected chi connectivity index (χ0v) is 13.3. The van der Waals surface area contributed by atoms with E-state index >= 15 is 0 Å². The van der Waals surface area contributed by atoms with Gasteiger partial charge in [0.15, 0.2) is 0 Å². The first kappa shape index (κ1) is 14.7. The highest BCUT2D eigenvalue weighted by Crippen LogP contribution is 2.31. The molecule has 0 amide bonds. The second kappa shape index (κ2) is 5.75. The predicted octanol–water partition coefficient (Wildman–Crippen LogP) is 4.65. The minimum atomic E-state index is -0.0597.